The van der Waals surface area contributed by atoms with Crippen molar-refractivity contribution in [2.75, 3.05) is 27.3 Å². The van der Waals surface area contributed by atoms with Crippen LogP contribution in [-0.2, 0) is 11.2 Å². The summed E-state index contributed by atoms with van der Waals surface area (Å²) in [7, 11) is 3.37. The maximum Gasteiger partial charge on any atom is 0.224 e. The number of rotatable bonds is 6. The molecule has 0 bridgehead atoms. The lowest BCUT2D eigenvalue weighted by atomic mass is 10.1. The molecule has 0 aliphatic rings. The fourth-order valence-corrected chi connectivity index (χ4v) is 2.05. The second-order valence-electron chi connectivity index (χ2n) is 4.00. The van der Waals surface area contributed by atoms with Gasteiger partial charge in [-0.1, -0.05) is 15.9 Å². The average molecular weight is 316 g/mol. The molecule has 18 heavy (non-hydrogen) atoms. The zero-order chi connectivity index (χ0) is 13.5. The molecule has 0 aromatic heterocycles. The summed E-state index contributed by atoms with van der Waals surface area (Å²) in [5, 5.41) is 8.72. The summed E-state index contributed by atoms with van der Waals surface area (Å²) in [4.78, 5) is 13.1. The molecule has 0 aliphatic carbocycles. The van der Waals surface area contributed by atoms with E-state index in [1.54, 1.807) is 19.1 Å². The van der Waals surface area contributed by atoms with Crippen molar-refractivity contribution in [1.29, 1.82) is 0 Å². The zero-order valence-electron chi connectivity index (χ0n) is 10.6. The number of carbonyl (C=O) groups is 1. The number of aliphatic hydroxyl groups excluding tert-OH is 1. The zero-order valence-corrected chi connectivity index (χ0v) is 12.2. The van der Waals surface area contributed by atoms with E-state index in [0.717, 1.165) is 22.2 Å². The molecular weight excluding hydrogens is 298 g/mol. The van der Waals surface area contributed by atoms with Crippen LogP contribution in [0, 0.1) is 0 Å². The molecular formula is C13H18BrNO3. The molecule has 1 aromatic carbocycles. The van der Waals surface area contributed by atoms with Crippen molar-refractivity contribution in [2.24, 2.45) is 0 Å². The van der Waals surface area contributed by atoms with Crippen LogP contribution in [0.1, 0.15) is 12.0 Å². The summed E-state index contributed by atoms with van der Waals surface area (Å²) in [5.41, 5.74) is 1.05. The summed E-state index contributed by atoms with van der Waals surface area (Å²) in [6.45, 7) is 0.495. The van der Waals surface area contributed by atoms with Crippen molar-refractivity contribution >= 4 is 21.8 Å². The lowest BCUT2D eigenvalue weighted by Crippen LogP contribution is -2.29. The van der Waals surface area contributed by atoms with Crippen LogP contribution in [0.2, 0.25) is 0 Å². The summed E-state index contributed by atoms with van der Waals surface area (Å²) in [5.74, 6) is 0.771. The normalized spacial score (nSPS) is 10.2. The fourth-order valence-electron chi connectivity index (χ4n) is 1.64. The Morgan fingerprint density at radius 1 is 1.50 bits per heavy atom. The van der Waals surface area contributed by atoms with Crippen LogP contribution in [0.15, 0.2) is 22.7 Å². The van der Waals surface area contributed by atoms with Crippen molar-refractivity contribution in [3.05, 3.63) is 28.2 Å². The monoisotopic (exact) mass is 315 g/mol. The minimum atomic E-state index is -0.108. The molecule has 100 valence electrons. The first kappa shape index (κ1) is 15.0. The molecule has 0 radical (unpaired) electrons. The van der Waals surface area contributed by atoms with Crippen molar-refractivity contribution < 1.29 is 14.6 Å². The van der Waals surface area contributed by atoms with Crippen LogP contribution in [0.25, 0.3) is 0 Å². The van der Waals surface area contributed by atoms with E-state index in [0.29, 0.717) is 6.54 Å². The summed E-state index contributed by atoms with van der Waals surface area (Å²) in [6.07, 6.45) is 0.891. The van der Waals surface area contributed by atoms with Crippen LogP contribution in [-0.4, -0.2) is 43.2 Å². The third kappa shape index (κ3) is 4.31. The molecule has 0 fully saturated rings. The molecule has 0 unspecified atom stereocenters. The number of benzene rings is 1. The van der Waals surface area contributed by atoms with Gasteiger partial charge in [-0.15, -0.1) is 0 Å². The Bertz CT molecular complexity index is 409. The number of likely N-dealkylation sites (N-methyl/N-ethyl adjacent to an activating group) is 1. The van der Waals surface area contributed by atoms with Crippen LogP contribution in [0.4, 0.5) is 0 Å². The van der Waals surface area contributed by atoms with Crippen molar-refractivity contribution in [1.82, 2.24) is 4.90 Å². The first-order valence-electron chi connectivity index (χ1n) is 5.75. The predicted octanol–water partition coefficient (Wildman–Crippen LogP) is 1.84. The number of amides is 1. The minimum absolute atomic E-state index is 0.0496. The van der Waals surface area contributed by atoms with Gasteiger partial charge in [0.2, 0.25) is 5.91 Å². The molecule has 0 aliphatic heterocycles. The summed E-state index contributed by atoms with van der Waals surface area (Å²) in [6, 6.07) is 5.81. The van der Waals surface area contributed by atoms with E-state index in [1.807, 2.05) is 18.2 Å². The maximum absolute atomic E-state index is 11.5. The van der Waals surface area contributed by atoms with Crippen LogP contribution >= 0.6 is 15.9 Å². The molecule has 0 saturated heterocycles. The number of carbonyl (C=O) groups excluding carboxylic acids is 1. The van der Waals surface area contributed by atoms with Crippen molar-refractivity contribution in [2.45, 2.75) is 12.8 Å². The summed E-state index contributed by atoms with van der Waals surface area (Å²) < 4.78 is 6.26. The number of nitrogens with zero attached hydrogens (tertiary/aromatic N) is 1. The lowest BCUT2D eigenvalue weighted by Gasteiger charge is -2.17. The first-order valence-corrected chi connectivity index (χ1v) is 6.55. The van der Waals surface area contributed by atoms with Crippen LogP contribution in [0.3, 0.4) is 0 Å². The average Bonchev–Trinajstić information content (AvgIpc) is 2.36. The third-order valence-electron chi connectivity index (χ3n) is 2.71. The van der Waals surface area contributed by atoms with Crippen LogP contribution < -0.4 is 4.74 Å². The second kappa shape index (κ2) is 7.38. The van der Waals surface area contributed by atoms with E-state index in [9.17, 15) is 4.79 Å². The highest BCUT2D eigenvalue weighted by atomic mass is 79.9. The molecule has 1 N–H and O–H groups in total. The van der Waals surface area contributed by atoms with Crippen molar-refractivity contribution in [3.8, 4) is 5.75 Å². The third-order valence-corrected chi connectivity index (χ3v) is 3.20. The fraction of sp³-hybridized carbons (Fsp3) is 0.462. The maximum atomic E-state index is 11.5. The standard InChI is InChI=1S/C13H18BrNO3/c1-15(13(17)6-8-16)7-5-10-9-11(14)3-4-12(10)18-2/h3-4,9,16H,5-8H2,1-2H3. The van der Waals surface area contributed by atoms with Gasteiger partial charge < -0.3 is 14.7 Å². The Morgan fingerprint density at radius 3 is 2.83 bits per heavy atom. The molecule has 0 atom stereocenters. The Labute approximate surface area is 116 Å². The highest BCUT2D eigenvalue weighted by Crippen LogP contribution is 2.23. The van der Waals surface area contributed by atoms with E-state index in [4.69, 9.17) is 9.84 Å². The van der Waals surface area contributed by atoms with Gasteiger partial charge in [-0.05, 0) is 30.2 Å². The van der Waals surface area contributed by atoms with Crippen LogP contribution in [0.5, 0.6) is 5.75 Å². The van der Waals surface area contributed by atoms with Gasteiger partial charge in [0, 0.05) is 24.5 Å². The van der Waals surface area contributed by atoms with Gasteiger partial charge in [-0.3, -0.25) is 4.79 Å². The minimum Gasteiger partial charge on any atom is -0.496 e. The quantitative estimate of drug-likeness (QED) is 0.871. The SMILES string of the molecule is COc1ccc(Br)cc1CCN(C)C(=O)CCO. The molecule has 5 heteroatoms. The first-order chi connectivity index (χ1) is 8.58. The molecule has 0 heterocycles. The van der Waals surface area contributed by atoms with Gasteiger partial charge in [-0.25, -0.2) is 0 Å². The van der Waals surface area contributed by atoms with E-state index in [2.05, 4.69) is 15.9 Å². The Morgan fingerprint density at radius 2 is 2.22 bits per heavy atom. The molecule has 1 rings (SSSR count). The Hall–Kier alpha value is -1.07. The molecule has 4 nitrogen and oxygen atoms in total. The van der Waals surface area contributed by atoms with E-state index in [1.165, 1.54) is 0 Å². The van der Waals surface area contributed by atoms with Gasteiger partial charge in [0.05, 0.1) is 13.7 Å². The predicted molar refractivity (Wildman–Crippen MR) is 73.7 cm³/mol. The van der Waals surface area contributed by atoms with Gasteiger partial charge in [0.1, 0.15) is 5.75 Å². The number of methoxy groups -OCH3 is 1. The highest BCUT2D eigenvalue weighted by molar-refractivity contribution is 9.10. The molecule has 1 amide bonds. The number of hydrogen-bond donors (Lipinski definition) is 1. The number of hydrogen-bond acceptors (Lipinski definition) is 3. The second-order valence-corrected chi connectivity index (χ2v) is 4.91. The molecule has 0 spiro atoms. The van der Waals surface area contributed by atoms with E-state index >= 15 is 0 Å². The molecule has 0 saturated carbocycles. The lowest BCUT2D eigenvalue weighted by molar-refractivity contribution is -0.130. The molecule has 1 aromatic rings. The van der Waals surface area contributed by atoms with Gasteiger partial charge in [0.25, 0.3) is 0 Å². The number of halogens is 1. The van der Waals surface area contributed by atoms with E-state index in [-0.39, 0.29) is 18.9 Å². The van der Waals surface area contributed by atoms with E-state index < -0.39 is 0 Å². The van der Waals surface area contributed by atoms with Gasteiger partial charge in [0.15, 0.2) is 0 Å². The van der Waals surface area contributed by atoms with Gasteiger partial charge in [-0.2, -0.15) is 0 Å². The Balaban J connectivity index is 2.62. The topological polar surface area (TPSA) is 49.8 Å². The van der Waals surface area contributed by atoms with Crippen molar-refractivity contribution in [3.63, 3.8) is 0 Å². The number of ether oxygens (including phenoxy) is 1. The highest BCUT2D eigenvalue weighted by Gasteiger charge is 2.10. The largest absolute Gasteiger partial charge is 0.496 e. The van der Waals surface area contributed by atoms with Gasteiger partial charge >= 0.3 is 0 Å². The smallest absolute Gasteiger partial charge is 0.224 e. The Kier molecular flexibility index (Phi) is 6.15. The summed E-state index contributed by atoms with van der Waals surface area (Å²) >= 11 is 3.42. The number of aliphatic hydroxyl groups is 1.